The highest BCUT2D eigenvalue weighted by molar-refractivity contribution is 6.05. The van der Waals surface area contributed by atoms with Crippen molar-refractivity contribution >= 4 is 29.1 Å². The Hall–Kier alpha value is -4.52. The van der Waals surface area contributed by atoms with Gasteiger partial charge in [0, 0.05) is 40.8 Å². The molecule has 4 rings (SSSR count). The maximum Gasteiger partial charge on any atom is 0.255 e. The van der Waals surface area contributed by atoms with Crippen LogP contribution in [0.1, 0.15) is 66.5 Å². The van der Waals surface area contributed by atoms with Crippen LogP contribution in [0.15, 0.2) is 79.0 Å². The largest absolute Gasteiger partial charge is 0.352 e. The van der Waals surface area contributed by atoms with Crippen molar-refractivity contribution in [1.29, 1.82) is 0 Å². The van der Waals surface area contributed by atoms with Crippen LogP contribution in [0.5, 0.6) is 0 Å². The maximum atomic E-state index is 13.0. The summed E-state index contributed by atoms with van der Waals surface area (Å²) in [6.07, 6.45) is 1.69. The molecule has 4 aromatic rings. The third-order valence-corrected chi connectivity index (χ3v) is 6.60. The molecule has 0 aliphatic rings. The third kappa shape index (κ3) is 7.11. The summed E-state index contributed by atoms with van der Waals surface area (Å²) in [5, 5.41) is 9.18. The van der Waals surface area contributed by atoms with Crippen LogP contribution in [0, 0.1) is 12.8 Å². The van der Waals surface area contributed by atoms with Gasteiger partial charge < -0.3 is 16.0 Å². The molecule has 0 bridgehead atoms. The fourth-order valence-electron chi connectivity index (χ4n) is 4.17. The Morgan fingerprint density at radius 2 is 1.50 bits per heavy atom. The number of carbonyl (C=O) groups is 2. The normalized spacial score (nSPS) is 11.3. The van der Waals surface area contributed by atoms with Gasteiger partial charge in [0.05, 0.1) is 5.69 Å². The number of nitrogens with zero attached hydrogens (tertiary/aromatic N) is 2. The molecule has 7 heteroatoms. The molecule has 0 radical (unpaired) electrons. The van der Waals surface area contributed by atoms with E-state index in [-0.39, 0.29) is 17.2 Å². The Morgan fingerprint density at radius 3 is 2.15 bits per heavy atom. The minimum Gasteiger partial charge on any atom is -0.352 e. The molecule has 2 amide bonds. The Morgan fingerprint density at radius 1 is 0.850 bits per heavy atom. The second-order valence-electron chi connectivity index (χ2n) is 11.3. The van der Waals surface area contributed by atoms with Crippen molar-refractivity contribution in [1.82, 2.24) is 15.3 Å². The van der Waals surface area contributed by atoms with Crippen molar-refractivity contribution in [3.63, 3.8) is 0 Å². The highest BCUT2D eigenvalue weighted by atomic mass is 16.2. The third-order valence-electron chi connectivity index (χ3n) is 6.60. The smallest absolute Gasteiger partial charge is 0.255 e. The van der Waals surface area contributed by atoms with Crippen LogP contribution in [-0.4, -0.2) is 28.3 Å². The van der Waals surface area contributed by atoms with Crippen LogP contribution < -0.4 is 16.0 Å². The molecule has 0 unspecified atom stereocenters. The molecular weight excluding hydrogens is 498 g/mol. The van der Waals surface area contributed by atoms with E-state index in [0.29, 0.717) is 29.5 Å². The zero-order valence-corrected chi connectivity index (χ0v) is 24.0. The highest BCUT2D eigenvalue weighted by Gasteiger charge is 2.16. The molecule has 7 nitrogen and oxygen atoms in total. The van der Waals surface area contributed by atoms with Gasteiger partial charge in [-0.3, -0.25) is 9.59 Å². The number of carbonyl (C=O) groups excluding carboxylic acids is 2. The number of anilines is 3. The summed E-state index contributed by atoms with van der Waals surface area (Å²) in [6, 6.07) is 22.5. The van der Waals surface area contributed by atoms with Gasteiger partial charge in [-0.1, -0.05) is 58.9 Å². The van der Waals surface area contributed by atoms with Gasteiger partial charge in [0.2, 0.25) is 5.95 Å². The second kappa shape index (κ2) is 12.1. The van der Waals surface area contributed by atoms with Crippen molar-refractivity contribution in [2.24, 2.45) is 5.92 Å². The van der Waals surface area contributed by atoms with E-state index in [4.69, 9.17) is 4.98 Å². The van der Waals surface area contributed by atoms with Crippen molar-refractivity contribution in [3.8, 4) is 11.3 Å². The van der Waals surface area contributed by atoms with Gasteiger partial charge in [0.25, 0.3) is 11.8 Å². The van der Waals surface area contributed by atoms with Crippen molar-refractivity contribution in [2.45, 2.75) is 47.0 Å². The van der Waals surface area contributed by atoms with E-state index in [1.165, 1.54) is 5.56 Å². The standard InChI is InChI=1S/C33H37N5O2/c1-21(2)20-35-30(39)23-12-16-26(17-13-23)36-32-34-19-18-29(38-32)27-8-7-9-28(22(27)3)37-31(40)24-10-14-25(15-11-24)33(4,5)6/h7-19,21H,20H2,1-6H3,(H,35,39)(H,37,40)(H,34,36,38). The summed E-state index contributed by atoms with van der Waals surface area (Å²) in [4.78, 5) is 34.3. The molecule has 1 aromatic heterocycles. The summed E-state index contributed by atoms with van der Waals surface area (Å²) in [5.41, 5.74) is 6.43. The van der Waals surface area contributed by atoms with Crippen LogP contribution in [0.4, 0.5) is 17.3 Å². The molecule has 206 valence electrons. The summed E-state index contributed by atoms with van der Waals surface area (Å²) >= 11 is 0. The molecule has 0 aliphatic heterocycles. The van der Waals surface area contributed by atoms with Gasteiger partial charge in [-0.15, -0.1) is 0 Å². The van der Waals surface area contributed by atoms with Crippen molar-refractivity contribution in [2.75, 3.05) is 17.2 Å². The van der Waals surface area contributed by atoms with Crippen LogP contribution in [0.2, 0.25) is 0 Å². The first-order valence-electron chi connectivity index (χ1n) is 13.5. The molecule has 1 heterocycles. The Balaban J connectivity index is 1.47. The van der Waals surface area contributed by atoms with E-state index in [1.54, 1.807) is 18.3 Å². The topological polar surface area (TPSA) is 96.0 Å². The molecule has 0 atom stereocenters. The molecular formula is C33H37N5O2. The lowest BCUT2D eigenvalue weighted by Gasteiger charge is -2.19. The number of amides is 2. The zero-order chi connectivity index (χ0) is 28.9. The Bertz CT molecular complexity index is 1490. The molecule has 0 saturated carbocycles. The average molecular weight is 536 g/mol. The van der Waals surface area contributed by atoms with Crippen LogP contribution in [0.25, 0.3) is 11.3 Å². The molecule has 0 saturated heterocycles. The predicted octanol–water partition coefficient (Wildman–Crippen LogP) is 7.13. The number of hydrogen-bond acceptors (Lipinski definition) is 5. The van der Waals surface area contributed by atoms with E-state index < -0.39 is 0 Å². The lowest BCUT2D eigenvalue weighted by atomic mass is 9.86. The summed E-state index contributed by atoms with van der Waals surface area (Å²) < 4.78 is 0. The van der Waals surface area contributed by atoms with E-state index in [1.807, 2.05) is 67.6 Å². The fraction of sp³-hybridized carbons (Fsp3) is 0.273. The van der Waals surface area contributed by atoms with E-state index in [0.717, 1.165) is 28.2 Å². The fourth-order valence-corrected chi connectivity index (χ4v) is 4.17. The number of nitrogens with one attached hydrogen (secondary N) is 3. The number of hydrogen-bond donors (Lipinski definition) is 3. The number of benzene rings is 3. The van der Waals surface area contributed by atoms with Crippen LogP contribution >= 0.6 is 0 Å². The lowest BCUT2D eigenvalue weighted by Crippen LogP contribution is -2.27. The Kier molecular flexibility index (Phi) is 8.63. The molecule has 0 aliphatic carbocycles. The number of aromatic nitrogens is 2. The summed E-state index contributed by atoms with van der Waals surface area (Å²) in [7, 11) is 0. The zero-order valence-electron chi connectivity index (χ0n) is 24.0. The molecule has 0 fully saturated rings. The average Bonchev–Trinajstić information content (AvgIpc) is 2.93. The van der Waals surface area contributed by atoms with Gasteiger partial charge >= 0.3 is 0 Å². The van der Waals surface area contributed by atoms with Crippen LogP contribution in [0.3, 0.4) is 0 Å². The van der Waals surface area contributed by atoms with Crippen molar-refractivity contribution < 1.29 is 9.59 Å². The van der Waals surface area contributed by atoms with Gasteiger partial charge in [-0.05, 0) is 77.9 Å². The SMILES string of the molecule is Cc1c(NC(=O)c2ccc(C(C)(C)C)cc2)cccc1-c1ccnc(Nc2ccc(C(=O)NCC(C)C)cc2)n1. The van der Waals surface area contributed by atoms with Crippen molar-refractivity contribution in [3.05, 3.63) is 101 Å². The molecule has 40 heavy (non-hydrogen) atoms. The summed E-state index contributed by atoms with van der Waals surface area (Å²) in [5.74, 6) is 0.568. The second-order valence-corrected chi connectivity index (χ2v) is 11.3. The Labute approximate surface area is 236 Å². The van der Waals surface area contributed by atoms with E-state index >= 15 is 0 Å². The minimum absolute atomic E-state index is 0.0261. The van der Waals surface area contributed by atoms with Gasteiger partial charge in [0.15, 0.2) is 0 Å². The quantitative estimate of drug-likeness (QED) is 0.223. The van der Waals surface area contributed by atoms with E-state index in [2.05, 4.69) is 55.6 Å². The monoisotopic (exact) mass is 535 g/mol. The van der Waals surface area contributed by atoms with Gasteiger partial charge in [-0.2, -0.15) is 0 Å². The minimum atomic E-state index is -0.160. The first-order chi connectivity index (χ1) is 19.0. The first kappa shape index (κ1) is 28.5. The van der Waals surface area contributed by atoms with Crippen LogP contribution in [-0.2, 0) is 5.41 Å². The van der Waals surface area contributed by atoms with E-state index in [9.17, 15) is 9.59 Å². The molecule has 0 spiro atoms. The lowest BCUT2D eigenvalue weighted by molar-refractivity contribution is 0.0948. The van der Waals surface area contributed by atoms with Gasteiger partial charge in [-0.25, -0.2) is 9.97 Å². The highest BCUT2D eigenvalue weighted by Crippen LogP contribution is 2.29. The molecule has 3 aromatic carbocycles. The first-order valence-corrected chi connectivity index (χ1v) is 13.5. The molecule has 3 N–H and O–H groups in total. The maximum absolute atomic E-state index is 13.0. The summed E-state index contributed by atoms with van der Waals surface area (Å²) in [6.45, 7) is 13.2. The number of rotatable bonds is 8. The predicted molar refractivity (Wildman–Crippen MR) is 162 cm³/mol. The van der Waals surface area contributed by atoms with Gasteiger partial charge in [0.1, 0.15) is 0 Å².